The molecule has 0 fully saturated rings. The molecule has 18 heavy (non-hydrogen) atoms. The topological polar surface area (TPSA) is 49.7 Å². The predicted octanol–water partition coefficient (Wildman–Crippen LogP) is 3.02. The van der Waals surface area contributed by atoms with Crippen LogP contribution in [-0.4, -0.2) is 10.2 Å². The number of aliphatic hydroxyl groups excluding tert-OH is 2. The minimum Gasteiger partial charge on any atom is -0.457 e. The molecule has 0 aliphatic carbocycles. The summed E-state index contributed by atoms with van der Waals surface area (Å²) in [5, 5.41) is 18.9. The average Bonchev–Trinajstić information content (AvgIpc) is 2.40. The molecule has 0 saturated heterocycles. The van der Waals surface area contributed by atoms with Gasteiger partial charge in [-0.2, -0.15) is 0 Å². The van der Waals surface area contributed by atoms with Crippen LogP contribution in [-0.2, 0) is 6.61 Å². The summed E-state index contributed by atoms with van der Waals surface area (Å²) in [7, 11) is 0. The Morgan fingerprint density at radius 2 is 1.61 bits per heavy atom. The van der Waals surface area contributed by atoms with E-state index in [2.05, 4.69) is 0 Å². The molecule has 1 atom stereocenters. The van der Waals surface area contributed by atoms with Gasteiger partial charge in [0.05, 0.1) is 12.7 Å². The molecule has 3 nitrogen and oxygen atoms in total. The lowest BCUT2D eigenvalue weighted by Gasteiger charge is -2.14. The highest BCUT2D eigenvalue weighted by molar-refractivity contribution is 5.41. The van der Waals surface area contributed by atoms with Crippen LogP contribution in [0.25, 0.3) is 0 Å². The van der Waals surface area contributed by atoms with Crippen LogP contribution in [0.1, 0.15) is 24.2 Å². The molecule has 0 unspecified atom stereocenters. The maximum absolute atomic E-state index is 9.68. The van der Waals surface area contributed by atoms with Crippen LogP contribution in [0.2, 0.25) is 0 Å². The fourth-order valence-electron chi connectivity index (χ4n) is 1.77. The van der Waals surface area contributed by atoms with Gasteiger partial charge < -0.3 is 14.9 Å². The molecule has 0 radical (unpaired) electrons. The van der Waals surface area contributed by atoms with E-state index in [9.17, 15) is 10.2 Å². The molecule has 2 rings (SSSR count). The second-order valence-corrected chi connectivity index (χ2v) is 4.08. The Bertz CT molecular complexity index is 521. The maximum atomic E-state index is 9.68. The van der Waals surface area contributed by atoms with E-state index in [4.69, 9.17) is 4.74 Å². The maximum Gasteiger partial charge on any atom is 0.133 e. The van der Waals surface area contributed by atoms with Crippen LogP contribution in [0, 0.1) is 0 Å². The van der Waals surface area contributed by atoms with Crippen molar-refractivity contribution in [1.29, 1.82) is 0 Å². The van der Waals surface area contributed by atoms with Crippen molar-refractivity contribution in [2.45, 2.75) is 19.6 Å². The van der Waals surface area contributed by atoms with Gasteiger partial charge in [-0.3, -0.25) is 0 Å². The zero-order valence-electron chi connectivity index (χ0n) is 10.2. The monoisotopic (exact) mass is 244 g/mol. The zero-order valence-corrected chi connectivity index (χ0v) is 10.2. The van der Waals surface area contributed by atoms with E-state index in [0.717, 1.165) is 11.1 Å². The molecule has 0 heterocycles. The molecule has 0 aliphatic heterocycles. The van der Waals surface area contributed by atoms with Crippen LogP contribution in [0.3, 0.4) is 0 Å². The van der Waals surface area contributed by atoms with Crippen molar-refractivity contribution >= 4 is 0 Å². The van der Waals surface area contributed by atoms with E-state index in [1.54, 1.807) is 25.1 Å². The Labute approximate surface area is 106 Å². The summed E-state index contributed by atoms with van der Waals surface area (Å²) in [5.74, 6) is 1.21. The standard InChI is InChI=1S/C15H16O3/c1-11(17)13-7-3-5-9-15(13)18-14-8-4-2-6-12(14)10-16/h2-9,11,16-17H,10H2,1H3/t11-/m0/s1. The summed E-state index contributed by atoms with van der Waals surface area (Å²) in [6.45, 7) is 1.62. The molecule has 3 heteroatoms. The first kappa shape index (κ1) is 12.6. The Kier molecular flexibility index (Phi) is 3.97. The third-order valence-corrected chi connectivity index (χ3v) is 2.73. The Morgan fingerprint density at radius 1 is 1.00 bits per heavy atom. The Morgan fingerprint density at radius 3 is 2.28 bits per heavy atom. The first-order valence-corrected chi connectivity index (χ1v) is 5.86. The van der Waals surface area contributed by atoms with Crippen molar-refractivity contribution in [1.82, 2.24) is 0 Å². The van der Waals surface area contributed by atoms with Gasteiger partial charge in [0.2, 0.25) is 0 Å². The number of hydrogen-bond acceptors (Lipinski definition) is 3. The van der Waals surface area contributed by atoms with E-state index in [1.165, 1.54) is 0 Å². The minimum atomic E-state index is -0.595. The quantitative estimate of drug-likeness (QED) is 0.869. The lowest BCUT2D eigenvalue weighted by atomic mass is 10.1. The summed E-state index contributed by atoms with van der Waals surface area (Å²) in [6, 6.07) is 14.6. The van der Waals surface area contributed by atoms with Gasteiger partial charge in [0, 0.05) is 11.1 Å². The van der Waals surface area contributed by atoms with Gasteiger partial charge in [-0.25, -0.2) is 0 Å². The second kappa shape index (κ2) is 5.67. The van der Waals surface area contributed by atoms with Crippen molar-refractivity contribution < 1.29 is 14.9 Å². The Balaban J connectivity index is 2.34. The summed E-state index contributed by atoms with van der Waals surface area (Å²) < 4.78 is 5.77. The molecule has 0 amide bonds. The summed E-state index contributed by atoms with van der Waals surface area (Å²) in [6.07, 6.45) is -0.595. The zero-order chi connectivity index (χ0) is 13.0. The molecule has 0 saturated carbocycles. The SMILES string of the molecule is C[C@H](O)c1ccccc1Oc1ccccc1CO. The van der Waals surface area contributed by atoms with E-state index in [-0.39, 0.29) is 6.61 Å². The molecular weight excluding hydrogens is 228 g/mol. The van der Waals surface area contributed by atoms with Gasteiger partial charge in [-0.05, 0) is 19.1 Å². The third-order valence-electron chi connectivity index (χ3n) is 2.73. The van der Waals surface area contributed by atoms with Gasteiger partial charge in [0.25, 0.3) is 0 Å². The molecule has 2 aromatic rings. The Hall–Kier alpha value is -1.84. The number of hydrogen-bond donors (Lipinski definition) is 2. The van der Waals surface area contributed by atoms with Crippen LogP contribution >= 0.6 is 0 Å². The van der Waals surface area contributed by atoms with E-state index in [0.29, 0.717) is 11.5 Å². The molecule has 0 spiro atoms. The lowest BCUT2D eigenvalue weighted by Crippen LogP contribution is -1.97. The lowest BCUT2D eigenvalue weighted by molar-refractivity contribution is 0.195. The van der Waals surface area contributed by atoms with E-state index >= 15 is 0 Å². The summed E-state index contributed by atoms with van der Waals surface area (Å²) >= 11 is 0. The van der Waals surface area contributed by atoms with E-state index in [1.807, 2.05) is 30.3 Å². The number of para-hydroxylation sites is 2. The molecule has 0 aliphatic rings. The smallest absolute Gasteiger partial charge is 0.133 e. The first-order valence-electron chi connectivity index (χ1n) is 5.86. The highest BCUT2D eigenvalue weighted by Crippen LogP contribution is 2.31. The fraction of sp³-hybridized carbons (Fsp3) is 0.200. The summed E-state index contributed by atoms with van der Waals surface area (Å²) in [5.41, 5.74) is 1.45. The third kappa shape index (κ3) is 2.70. The van der Waals surface area contributed by atoms with Gasteiger partial charge in [-0.15, -0.1) is 0 Å². The molecule has 2 aromatic carbocycles. The van der Waals surface area contributed by atoms with Gasteiger partial charge >= 0.3 is 0 Å². The van der Waals surface area contributed by atoms with Crippen molar-refractivity contribution in [2.75, 3.05) is 0 Å². The van der Waals surface area contributed by atoms with Crippen LogP contribution in [0.5, 0.6) is 11.5 Å². The normalized spacial score (nSPS) is 12.2. The van der Waals surface area contributed by atoms with Crippen molar-refractivity contribution in [3.8, 4) is 11.5 Å². The average molecular weight is 244 g/mol. The van der Waals surface area contributed by atoms with Crippen molar-refractivity contribution in [3.05, 3.63) is 59.7 Å². The summed E-state index contributed by atoms with van der Waals surface area (Å²) in [4.78, 5) is 0. The molecule has 94 valence electrons. The molecule has 0 aromatic heterocycles. The van der Waals surface area contributed by atoms with E-state index < -0.39 is 6.10 Å². The van der Waals surface area contributed by atoms with Crippen molar-refractivity contribution in [3.63, 3.8) is 0 Å². The molecule has 2 N–H and O–H groups in total. The van der Waals surface area contributed by atoms with Crippen molar-refractivity contribution in [2.24, 2.45) is 0 Å². The van der Waals surface area contributed by atoms with Crippen LogP contribution in [0.15, 0.2) is 48.5 Å². The van der Waals surface area contributed by atoms with Crippen LogP contribution in [0.4, 0.5) is 0 Å². The number of aliphatic hydroxyl groups is 2. The first-order chi connectivity index (χ1) is 8.72. The molecule has 0 bridgehead atoms. The largest absolute Gasteiger partial charge is 0.457 e. The van der Waals surface area contributed by atoms with Gasteiger partial charge in [-0.1, -0.05) is 36.4 Å². The van der Waals surface area contributed by atoms with Crippen LogP contribution < -0.4 is 4.74 Å². The minimum absolute atomic E-state index is 0.0764. The highest BCUT2D eigenvalue weighted by atomic mass is 16.5. The predicted molar refractivity (Wildman–Crippen MR) is 69.5 cm³/mol. The number of rotatable bonds is 4. The fourth-order valence-corrected chi connectivity index (χ4v) is 1.77. The second-order valence-electron chi connectivity index (χ2n) is 4.08. The van der Waals surface area contributed by atoms with Gasteiger partial charge in [0.15, 0.2) is 0 Å². The van der Waals surface area contributed by atoms with Gasteiger partial charge in [0.1, 0.15) is 11.5 Å². The molecular formula is C15H16O3. The number of benzene rings is 2. The highest BCUT2D eigenvalue weighted by Gasteiger charge is 2.10. The number of ether oxygens (including phenoxy) is 1.